The highest BCUT2D eigenvalue weighted by Gasteiger charge is 2.15. The average molecular weight is 256 g/mol. The Morgan fingerprint density at radius 1 is 1.41 bits per heavy atom. The van der Waals surface area contributed by atoms with Gasteiger partial charge in [-0.3, -0.25) is 0 Å². The molecule has 0 fully saturated rings. The van der Waals surface area contributed by atoms with E-state index in [0.29, 0.717) is 5.02 Å². The molecule has 3 heteroatoms. The van der Waals surface area contributed by atoms with Gasteiger partial charge in [-0.15, -0.1) is 0 Å². The maximum atomic E-state index is 5.90. The molecular formula is C14H22ClNO. The first kappa shape index (κ1) is 14.3. The molecule has 0 aliphatic rings. The average Bonchev–Trinajstić information content (AvgIpc) is 2.27. The van der Waals surface area contributed by atoms with Crippen molar-refractivity contribution in [3.8, 4) is 5.75 Å². The third-order valence-corrected chi connectivity index (χ3v) is 3.12. The van der Waals surface area contributed by atoms with Gasteiger partial charge in [0.15, 0.2) is 0 Å². The second-order valence-corrected chi connectivity index (χ2v) is 5.44. The molecule has 0 spiro atoms. The molecule has 17 heavy (non-hydrogen) atoms. The maximum Gasteiger partial charge on any atom is 0.121 e. The van der Waals surface area contributed by atoms with E-state index in [2.05, 4.69) is 33.0 Å². The molecule has 1 atom stereocenters. The quantitative estimate of drug-likeness (QED) is 0.833. The number of rotatable bonds is 6. The second kappa shape index (κ2) is 6.27. The number of nitrogens with one attached hydrogen (secondary N) is 1. The highest BCUT2D eigenvalue weighted by Crippen LogP contribution is 2.18. The molecule has 0 saturated carbocycles. The van der Waals surface area contributed by atoms with Crippen molar-refractivity contribution in [2.24, 2.45) is 0 Å². The van der Waals surface area contributed by atoms with E-state index in [1.807, 2.05) is 24.3 Å². The Morgan fingerprint density at radius 3 is 2.71 bits per heavy atom. The van der Waals surface area contributed by atoms with Crippen molar-refractivity contribution in [1.29, 1.82) is 0 Å². The predicted octanol–water partition coefficient (Wildman–Crippen LogP) is 3.89. The lowest BCUT2D eigenvalue weighted by Gasteiger charge is -2.27. The largest absolute Gasteiger partial charge is 0.489 e. The summed E-state index contributed by atoms with van der Waals surface area (Å²) < 4.78 is 5.79. The van der Waals surface area contributed by atoms with Gasteiger partial charge in [-0.25, -0.2) is 0 Å². The van der Waals surface area contributed by atoms with Crippen LogP contribution in [0.4, 0.5) is 0 Å². The molecule has 1 rings (SSSR count). The van der Waals surface area contributed by atoms with Crippen LogP contribution in [-0.2, 0) is 0 Å². The Kier molecular flexibility index (Phi) is 5.29. The molecular weight excluding hydrogens is 234 g/mol. The lowest BCUT2D eigenvalue weighted by molar-refractivity contribution is 0.199. The first-order valence-electron chi connectivity index (χ1n) is 6.10. The molecule has 0 aromatic heterocycles. The van der Waals surface area contributed by atoms with Crippen LogP contribution in [0, 0.1) is 0 Å². The molecule has 1 aromatic carbocycles. The fourth-order valence-corrected chi connectivity index (χ4v) is 1.54. The van der Waals surface area contributed by atoms with E-state index in [1.165, 1.54) is 0 Å². The van der Waals surface area contributed by atoms with Crippen LogP contribution in [0.5, 0.6) is 5.75 Å². The van der Waals surface area contributed by atoms with Gasteiger partial charge in [0, 0.05) is 17.1 Å². The minimum absolute atomic E-state index is 0.124. The second-order valence-electron chi connectivity index (χ2n) is 5.00. The summed E-state index contributed by atoms with van der Waals surface area (Å²) in [7, 11) is 0. The Bertz CT molecular complexity index is 352. The summed E-state index contributed by atoms with van der Waals surface area (Å²) in [6, 6.07) is 7.50. The van der Waals surface area contributed by atoms with E-state index in [1.54, 1.807) is 0 Å². The van der Waals surface area contributed by atoms with Crippen molar-refractivity contribution < 1.29 is 4.74 Å². The third-order valence-electron chi connectivity index (χ3n) is 2.89. The lowest BCUT2D eigenvalue weighted by Crippen LogP contribution is -2.43. The highest BCUT2D eigenvalue weighted by atomic mass is 35.5. The minimum Gasteiger partial charge on any atom is -0.489 e. The Morgan fingerprint density at radius 2 is 2.12 bits per heavy atom. The normalized spacial score (nSPS) is 13.5. The third kappa shape index (κ3) is 5.42. The number of benzene rings is 1. The zero-order chi connectivity index (χ0) is 12.9. The molecule has 96 valence electrons. The minimum atomic E-state index is 0.124. The molecule has 0 aliphatic carbocycles. The van der Waals surface area contributed by atoms with Crippen molar-refractivity contribution >= 4 is 11.6 Å². The molecule has 1 unspecified atom stereocenters. The van der Waals surface area contributed by atoms with Gasteiger partial charge in [0.25, 0.3) is 0 Å². The van der Waals surface area contributed by atoms with Gasteiger partial charge in [-0.1, -0.05) is 24.6 Å². The zero-order valence-electron chi connectivity index (χ0n) is 11.1. The Hall–Kier alpha value is -0.730. The summed E-state index contributed by atoms with van der Waals surface area (Å²) >= 11 is 5.90. The number of ether oxygens (including phenoxy) is 1. The summed E-state index contributed by atoms with van der Waals surface area (Å²) in [5.41, 5.74) is 0.159. The van der Waals surface area contributed by atoms with E-state index in [4.69, 9.17) is 16.3 Å². The lowest BCUT2D eigenvalue weighted by atomic mass is 10.0. The van der Waals surface area contributed by atoms with Gasteiger partial charge in [0.05, 0.1) is 0 Å². The van der Waals surface area contributed by atoms with Crippen LogP contribution in [0.1, 0.15) is 34.1 Å². The van der Waals surface area contributed by atoms with Crippen molar-refractivity contribution in [3.63, 3.8) is 0 Å². The van der Waals surface area contributed by atoms with Gasteiger partial charge in [0.1, 0.15) is 11.9 Å². The van der Waals surface area contributed by atoms with Crippen LogP contribution in [0.2, 0.25) is 5.02 Å². The van der Waals surface area contributed by atoms with Crippen LogP contribution in [0.25, 0.3) is 0 Å². The van der Waals surface area contributed by atoms with Crippen molar-refractivity contribution in [2.75, 3.05) is 6.54 Å². The fraction of sp³-hybridized carbons (Fsp3) is 0.571. The molecule has 2 nitrogen and oxygen atoms in total. The maximum absolute atomic E-state index is 5.90. The summed E-state index contributed by atoms with van der Waals surface area (Å²) in [5, 5.41) is 4.19. The monoisotopic (exact) mass is 255 g/mol. The first-order chi connectivity index (χ1) is 7.93. The number of halogens is 1. The van der Waals surface area contributed by atoms with E-state index in [0.717, 1.165) is 18.7 Å². The van der Waals surface area contributed by atoms with Crippen LogP contribution in [0.15, 0.2) is 24.3 Å². The van der Waals surface area contributed by atoms with Gasteiger partial charge in [-0.2, -0.15) is 0 Å². The summed E-state index contributed by atoms with van der Waals surface area (Å²) in [6.07, 6.45) is 1.22. The molecule has 1 aromatic rings. The smallest absolute Gasteiger partial charge is 0.121 e. The predicted molar refractivity (Wildman–Crippen MR) is 73.9 cm³/mol. The molecule has 0 radical (unpaired) electrons. The zero-order valence-corrected chi connectivity index (χ0v) is 11.8. The van der Waals surface area contributed by atoms with Gasteiger partial charge in [-0.05, 0) is 45.4 Å². The van der Waals surface area contributed by atoms with Crippen molar-refractivity contribution in [2.45, 2.75) is 45.8 Å². The first-order valence-corrected chi connectivity index (χ1v) is 6.48. The van der Waals surface area contributed by atoms with Crippen LogP contribution in [-0.4, -0.2) is 18.2 Å². The van der Waals surface area contributed by atoms with Gasteiger partial charge >= 0.3 is 0 Å². The van der Waals surface area contributed by atoms with Crippen molar-refractivity contribution in [3.05, 3.63) is 29.3 Å². The van der Waals surface area contributed by atoms with E-state index < -0.39 is 0 Å². The standard InChI is InChI=1S/C14H22ClNO/c1-5-14(3,4)16-10-11(2)17-13-8-6-7-12(15)9-13/h6-9,11,16H,5,10H2,1-4H3. The molecule has 0 bridgehead atoms. The number of hydrogen-bond donors (Lipinski definition) is 1. The van der Waals surface area contributed by atoms with Crippen LogP contribution >= 0.6 is 11.6 Å². The Balaban J connectivity index is 2.42. The van der Waals surface area contributed by atoms with Crippen LogP contribution < -0.4 is 10.1 Å². The summed E-state index contributed by atoms with van der Waals surface area (Å²) in [5.74, 6) is 0.820. The Labute approximate surface area is 109 Å². The molecule has 0 aliphatic heterocycles. The van der Waals surface area contributed by atoms with E-state index in [9.17, 15) is 0 Å². The fourth-order valence-electron chi connectivity index (χ4n) is 1.36. The van der Waals surface area contributed by atoms with Crippen LogP contribution in [0.3, 0.4) is 0 Å². The van der Waals surface area contributed by atoms with Crippen molar-refractivity contribution in [1.82, 2.24) is 5.32 Å². The molecule has 1 N–H and O–H groups in total. The summed E-state index contributed by atoms with van der Waals surface area (Å²) in [6.45, 7) is 9.45. The molecule has 0 saturated heterocycles. The SMILES string of the molecule is CCC(C)(C)NCC(C)Oc1cccc(Cl)c1. The van der Waals surface area contributed by atoms with E-state index >= 15 is 0 Å². The van der Waals surface area contributed by atoms with Gasteiger partial charge in [0.2, 0.25) is 0 Å². The van der Waals surface area contributed by atoms with E-state index in [-0.39, 0.29) is 11.6 Å². The number of hydrogen-bond acceptors (Lipinski definition) is 2. The summed E-state index contributed by atoms with van der Waals surface area (Å²) in [4.78, 5) is 0. The molecule has 0 heterocycles. The highest BCUT2D eigenvalue weighted by molar-refractivity contribution is 6.30. The molecule has 0 amide bonds. The topological polar surface area (TPSA) is 21.3 Å². The van der Waals surface area contributed by atoms with Gasteiger partial charge < -0.3 is 10.1 Å².